The molecule has 0 radical (unpaired) electrons. The summed E-state index contributed by atoms with van der Waals surface area (Å²) >= 11 is 12.4. The number of rotatable bonds is 14. The number of benzene rings is 4. The number of amides is 2. The fraction of sp³-hybridized carbons (Fsp3) is 0.235. The summed E-state index contributed by atoms with van der Waals surface area (Å²) in [7, 11) is -2.77. The van der Waals surface area contributed by atoms with E-state index in [-0.39, 0.29) is 29.5 Å². The summed E-state index contributed by atoms with van der Waals surface area (Å²) in [6, 6.07) is 27.5. The van der Waals surface area contributed by atoms with Crippen molar-refractivity contribution in [3.8, 4) is 5.75 Å². The van der Waals surface area contributed by atoms with Gasteiger partial charge in [0.1, 0.15) is 18.3 Å². The lowest BCUT2D eigenvalue weighted by molar-refractivity contribution is -0.140. The van der Waals surface area contributed by atoms with Gasteiger partial charge in [-0.1, -0.05) is 72.6 Å². The first-order chi connectivity index (χ1) is 21.6. The molecule has 0 saturated carbocycles. The third-order valence-corrected chi connectivity index (χ3v) is 9.38. The standard InChI is InChI=1S/C34H35Cl2N3O5S/c1-3-20-37-34(41)32(22-25-8-5-4-6-9-25)38(23-26-10-7-11-28(36)21-26)33(40)24-39(29-14-12-27(35)13-15-29)45(42,43)31-18-16-30(44-2)17-19-31/h4-19,21,32H,3,20,22-24H2,1-2H3,(H,37,41)/t32-/m1/s1. The van der Waals surface area contributed by atoms with Crippen LogP contribution < -0.4 is 14.4 Å². The van der Waals surface area contributed by atoms with Gasteiger partial charge in [-0.2, -0.15) is 0 Å². The van der Waals surface area contributed by atoms with Crippen LogP contribution in [0.3, 0.4) is 0 Å². The quantitative estimate of drug-likeness (QED) is 0.169. The first kappa shape index (κ1) is 33.8. The van der Waals surface area contributed by atoms with Crippen molar-refractivity contribution in [2.75, 3.05) is 24.5 Å². The second kappa shape index (κ2) is 15.8. The van der Waals surface area contributed by atoms with E-state index in [4.69, 9.17) is 27.9 Å². The molecule has 0 spiro atoms. The van der Waals surface area contributed by atoms with Gasteiger partial charge in [0.05, 0.1) is 17.7 Å². The lowest BCUT2D eigenvalue weighted by Gasteiger charge is -2.34. The topological polar surface area (TPSA) is 96.0 Å². The molecule has 0 unspecified atom stereocenters. The second-order valence-electron chi connectivity index (χ2n) is 10.3. The molecule has 0 aliphatic carbocycles. The minimum Gasteiger partial charge on any atom is -0.497 e. The summed E-state index contributed by atoms with van der Waals surface area (Å²) in [5.74, 6) is -0.431. The van der Waals surface area contributed by atoms with Crippen molar-refractivity contribution in [3.63, 3.8) is 0 Å². The molecule has 0 aliphatic heterocycles. The van der Waals surface area contributed by atoms with E-state index in [9.17, 15) is 18.0 Å². The van der Waals surface area contributed by atoms with Crippen molar-refractivity contribution in [3.05, 3.63) is 124 Å². The van der Waals surface area contributed by atoms with Crippen LogP contribution in [0.25, 0.3) is 0 Å². The maximum atomic E-state index is 14.4. The molecule has 1 N–H and O–H groups in total. The maximum absolute atomic E-state index is 14.4. The van der Waals surface area contributed by atoms with Gasteiger partial charge >= 0.3 is 0 Å². The monoisotopic (exact) mass is 667 g/mol. The fourth-order valence-electron chi connectivity index (χ4n) is 4.76. The van der Waals surface area contributed by atoms with Crippen molar-refractivity contribution < 1.29 is 22.7 Å². The minimum atomic E-state index is -4.25. The Morgan fingerprint density at radius 3 is 2.13 bits per heavy atom. The Morgan fingerprint density at radius 2 is 1.51 bits per heavy atom. The summed E-state index contributed by atoms with van der Waals surface area (Å²) in [5, 5.41) is 3.81. The van der Waals surface area contributed by atoms with E-state index < -0.39 is 28.5 Å². The Hall–Kier alpha value is -4.05. The predicted molar refractivity (Wildman–Crippen MR) is 178 cm³/mol. The second-order valence-corrected chi connectivity index (χ2v) is 13.0. The van der Waals surface area contributed by atoms with Crippen LogP contribution in [0.15, 0.2) is 108 Å². The van der Waals surface area contributed by atoms with E-state index in [0.717, 1.165) is 9.87 Å². The number of methoxy groups -OCH3 is 1. The average Bonchev–Trinajstić information content (AvgIpc) is 3.05. The molecule has 8 nitrogen and oxygen atoms in total. The van der Waals surface area contributed by atoms with E-state index in [1.54, 1.807) is 36.4 Å². The maximum Gasteiger partial charge on any atom is 0.264 e. The summed E-state index contributed by atoms with van der Waals surface area (Å²) in [4.78, 5) is 29.5. The molecule has 11 heteroatoms. The Bertz CT molecular complexity index is 1690. The van der Waals surface area contributed by atoms with Crippen molar-refractivity contribution in [1.29, 1.82) is 0 Å². The van der Waals surface area contributed by atoms with E-state index in [1.807, 2.05) is 37.3 Å². The van der Waals surface area contributed by atoms with Gasteiger partial charge in [0.15, 0.2) is 0 Å². The Balaban J connectivity index is 1.79. The highest BCUT2D eigenvalue weighted by Crippen LogP contribution is 2.27. The molecule has 4 aromatic rings. The molecule has 0 saturated heterocycles. The van der Waals surface area contributed by atoms with Gasteiger partial charge in [0.2, 0.25) is 11.8 Å². The highest BCUT2D eigenvalue weighted by molar-refractivity contribution is 7.92. The van der Waals surface area contributed by atoms with Gasteiger partial charge in [-0.3, -0.25) is 13.9 Å². The molecule has 0 bridgehead atoms. The number of halogens is 2. The van der Waals surface area contributed by atoms with E-state index in [2.05, 4.69) is 5.32 Å². The molecule has 236 valence electrons. The number of hydrogen-bond acceptors (Lipinski definition) is 5. The van der Waals surface area contributed by atoms with E-state index in [0.29, 0.717) is 34.3 Å². The van der Waals surface area contributed by atoms with Crippen LogP contribution in [0.5, 0.6) is 5.75 Å². The molecule has 0 fully saturated rings. The van der Waals surface area contributed by atoms with Crippen LogP contribution in [-0.4, -0.2) is 51.4 Å². The Morgan fingerprint density at radius 1 is 0.844 bits per heavy atom. The molecule has 4 aromatic carbocycles. The van der Waals surface area contributed by atoms with Crippen LogP contribution in [0.1, 0.15) is 24.5 Å². The number of sulfonamides is 1. The number of hydrogen-bond donors (Lipinski definition) is 1. The number of ether oxygens (including phenoxy) is 1. The first-order valence-corrected chi connectivity index (χ1v) is 16.6. The van der Waals surface area contributed by atoms with Gasteiger partial charge in [0.25, 0.3) is 10.0 Å². The van der Waals surface area contributed by atoms with Crippen molar-refractivity contribution in [1.82, 2.24) is 10.2 Å². The van der Waals surface area contributed by atoms with Crippen molar-refractivity contribution >= 4 is 50.7 Å². The number of carbonyl (C=O) groups is 2. The summed E-state index contributed by atoms with van der Waals surface area (Å²) < 4.78 is 34.4. The lowest BCUT2D eigenvalue weighted by Crippen LogP contribution is -2.53. The predicted octanol–water partition coefficient (Wildman–Crippen LogP) is 6.36. The number of nitrogens with zero attached hydrogens (tertiary/aromatic N) is 2. The van der Waals surface area contributed by atoms with Crippen LogP contribution in [0.4, 0.5) is 5.69 Å². The van der Waals surface area contributed by atoms with Crippen LogP contribution in [0.2, 0.25) is 10.0 Å². The number of carbonyl (C=O) groups excluding carboxylic acids is 2. The molecular formula is C34H35Cl2N3O5S. The minimum absolute atomic E-state index is 0.0213. The Labute approximate surface area is 274 Å². The highest BCUT2D eigenvalue weighted by Gasteiger charge is 2.34. The molecule has 1 atom stereocenters. The van der Waals surface area contributed by atoms with E-state index in [1.165, 1.54) is 48.4 Å². The highest BCUT2D eigenvalue weighted by atomic mass is 35.5. The average molecular weight is 669 g/mol. The van der Waals surface area contributed by atoms with Gasteiger partial charge in [0, 0.05) is 29.6 Å². The molecule has 4 rings (SSSR count). The van der Waals surface area contributed by atoms with Crippen LogP contribution in [0, 0.1) is 0 Å². The third kappa shape index (κ3) is 9.00. The first-order valence-electron chi connectivity index (χ1n) is 14.4. The smallest absolute Gasteiger partial charge is 0.264 e. The zero-order valence-corrected chi connectivity index (χ0v) is 27.4. The largest absolute Gasteiger partial charge is 0.497 e. The van der Waals surface area contributed by atoms with Crippen molar-refractivity contribution in [2.45, 2.75) is 37.2 Å². The van der Waals surface area contributed by atoms with Gasteiger partial charge < -0.3 is 15.0 Å². The SMILES string of the molecule is CCCNC(=O)[C@@H](Cc1ccccc1)N(Cc1cccc(Cl)c1)C(=O)CN(c1ccc(Cl)cc1)S(=O)(=O)c1ccc(OC)cc1. The zero-order valence-electron chi connectivity index (χ0n) is 25.0. The zero-order chi connectivity index (χ0) is 32.4. The normalized spacial score (nSPS) is 11.8. The summed E-state index contributed by atoms with van der Waals surface area (Å²) in [6.45, 7) is 1.80. The van der Waals surface area contributed by atoms with Crippen LogP contribution >= 0.6 is 23.2 Å². The van der Waals surface area contributed by atoms with Gasteiger partial charge in [-0.25, -0.2) is 8.42 Å². The van der Waals surface area contributed by atoms with Crippen LogP contribution in [-0.2, 0) is 32.6 Å². The molecule has 2 amide bonds. The summed E-state index contributed by atoms with van der Waals surface area (Å²) in [5.41, 5.74) is 1.77. The summed E-state index contributed by atoms with van der Waals surface area (Å²) in [6.07, 6.45) is 0.922. The molecule has 0 heterocycles. The number of nitrogens with one attached hydrogen (secondary N) is 1. The number of anilines is 1. The molecule has 0 aliphatic rings. The third-order valence-electron chi connectivity index (χ3n) is 7.10. The van der Waals surface area contributed by atoms with Gasteiger partial charge in [-0.05, 0) is 78.2 Å². The fourth-order valence-corrected chi connectivity index (χ4v) is 6.52. The van der Waals surface area contributed by atoms with Crippen molar-refractivity contribution in [2.24, 2.45) is 0 Å². The van der Waals surface area contributed by atoms with E-state index >= 15 is 0 Å². The molecule has 45 heavy (non-hydrogen) atoms. The molecule has 0 aromatic heterocycles. The van der Waals surface area contributed by atoms with Gasteiger partial charge in [-0.15, -0.1) is 0 Å². The molecular weight excluding hydrogens is 633 g/mol. The lowest BCUT2D eigenvalue weighted by atomic mass is 10.0. The Kier molecular flexibility index (Phi) is 11.9.